The molecule has 0 aliphatic carbocycles. The molecule has 1 saturated heterocycles. The Balaban J connectivity index is 1.81. The summed E-state index contributed by atoms with van der Waals surface area (Å²) in [4.78, 5) is 27.6. The number of Topliss-reactive ketones (excluding diaryl/α,β-unsaturated/α-hetero) is 1. The normalized spacial score (nSPS) is 17.6. The van der Waals surface area contributed by atoms with Crippen molar-refractivity contribution >= 4 is 28.2 Å². The number of aliphatic hydroxyl groups excluding tert-OH is 1. The Hall–Kier alpha value is -3.64. The molecule has 170 valence electrons. The number of nitrogens with zero attached hydrogens (tertiary/aromatic N) is 1. The molecular weight excluding hydrogens is 418 g/mol. The molecule has 4 rings (SSSR count). The molecule has 0 saturated carbocycles. The van der Waals surface area contributed by atoms with Gasteiger partial charge in [-0.1, -0.05) is 48.5 Å². The molecule has 1 N–H and O–H groups in total. The third kappa shape index (κ3) is 4.47. The maximum Gasteiger partial charge on any atom is 0.295 e. The highest BCUT2D eigenvalue weighted by Crippen LogP contribution is 2.40. The molecule has 1 atom stereocenters. The molecule has 33 heavy (non-hydrogen) atoms. The summed E-state index contributed by atoms with van der Waals surface area (Å²) in [6.45, 7) is 3.24. The van der Waals surface area contributed by atoms with Crippen LogP contribution in [-0.2, 0) is 14.3 Å². The number of fused-ring (bicyclic) bond motifs is 1. The van der Waals surface area contributed by atoms with Crippen LogP contribution in [0.2, 0.25) is 0 Å². The van der Waals surface area contributed by atoms with Crippen molar-refractivity contribution in [1.29, 1.82) is 0 Å². The molecule has 1 heterocycles. The van der Waals surface area contributed by atoms with E-state index in [0.717, 1.165) is 16.3 Å². The Kier molecular flexibility index (Phi) is 6.75. The number of carbonyl (C=O) groups excluding carboxylic acids is 2. The van der Waals surface area contributed by atoms with E-state index in [9.17, 15) is 14.7 Å². The Labute approximate surface area is 193 Å². The maximum absolute atomic E-state index is 13.1. The largest absolute Gasteiger partial charge is 0.507 e. The average Bonchev–Trinajstić information content (AvgIpc) is 3.09. The first kappa shape index (κ1) is 22.6. The number of ether oxygens (including phenoxy) is 2. The number of methoxy groups -OCH3 is 1. The Morgan fingerprint density at radius 1 is 1.00 bits per heavy atom. The van der Waals surface area contributed by atoms with Crippen LogP contribution in [0.25, 0.3) is 16.5 Å². The number of rotatable bonds is 8. The fourth-order valence-electron chi connectivity index (χ4n) is 4.24. The minimum atomic E-state index is -0.691. The van der Waals surface area contributed by atoms with Gasteiger partial charge in [0.05, 0.1) is 18.2 Å². The Morgan fingerprint density at radius 2 is 1.73 bits per heavy atom. The second-order valence-electron chi connectivity index (χ2n) is 7.90. The molecule has 6 heteroatoms. The van der Waals surface area contributed by atoms with Gasteiger partial charge >= 0.3 is 0 Å². The smallest absolute Gasteiger partial charge is 0.295 e. The lowest BCUT2D eigenvalue weighted by Crippen LogP contribution is -2.31. The van der Waals surface area contributed by atoms with Crippen molar-refractivity contribution in [2.75, 3.05) is 26.9 Å². The number of benzene rings is 3. The summed E-state index contributed by atoms with van der Waals surface area (Å²) in [5.74, 6) is -0.774. The molecular formula is C27H27NO5. The quantitative estimate of drug-likeness (QED) is 0.235. The zero-order valence-electron chi connectivity index (χ0n) is 18.8. The molecule has 3 aromatic rings. The van der Waals surface area contributed by atoms with Crippen LogP contribution in [0.5, 0.6) is 5.75 Å². The zero-order chi connectivity index (χ0) is 23.4. The summed E-state index contributed by atoms with van der Waals surface area (Å²) in [5.41, 5.74) is 1.33. The van der Waals surface area contributed by atoms with Crippen LogP contribution in [0.3, 0.4) is 0 Å². The molecule has 0 aromatic heterocycles. The van der Waals surface area contributed by atoms with Crippen molar-refractivity contribution in [1.82, 2.24) is 4.90 Å². The molecule has 1 amide bonds. The monoisotopic (exact) mass is 445 g/mol. The van der Waals surface area contributed by atoms with Crippen molar-refractivity contribution in [2.24, 2.45) is 0 Å². The van der Waals surface area contributed by atoms with Crippen LogP contribution < -0.4 is 4.74 Å². The van der Waals surface area contributed by atoms with E-state index in [1.54, 1.807) is 13.2 Å². The summed E-state index contributed by atoms with van der Waals surface area (Å²) >= 11 is 0. The van der Waals surface area contributed by atoms with E-state index in [1.165, 1.54) is 4.90 Å². The third-order valence-electron chi connectivity index (χ3n) is 5.82. The summed E-state index contributed by atoms with van der Waals surface area (Å²) in [5, 5.41) is 13.2. The zero-order valence-corrected chi connectivity index (χ0v) is 18.8. The van der Waals surface area contributed by atoms with Crippen molar-refractivity contribution in [2.45, 2.75) is 19.4 Å². The second kappa shape index (κ2) is 9.88. The highest BCUT2D eigenvalue weighted by atomic mass is 16.5. The lowest BCUT2D eigenvalue weighted by Gasteiger charge is -2.25. The number of aliphatic hydroxyl groups is 1. The number of amides is 1. The summed E-state index contributed by atoms with van der Waals surface area (Å²) in [7, 11) is 1.60. The summed E-state index contributed by atoms with van der Waals surface area (Å²) in [6, 6.07) is 19.9. The highest BCUT2D eigenvalue weighted by Gasteiger charge is 2.45. The van der Waals surface area contributed by atoms with Gasteiger partial charge < -0.3 is 19.5 Å². The van der Waals surface area contributed by atoms with Gasteiger partial charge in [-0.25, -0.2) is 0 Å². The average molecular weight is 446 g/mol. The molecule has 1 aliphatic rings. The van der Waals surface area contributed by atoms with Gasteiger partial charge in [0.15, 0.2) is 0 Å². The highest BCUT2D eigenvalue weighted by molar-refractivity contribution is 6.46. The van der Waals surface area contributed by atoms with Crippen LogP contribution >= 0.6 is 0 Å². The van der Waals surface area contributed by atoms with Crippen molar-refractivity contribution in [3.8, 4) is 5.75 Å². The fourth-order valence-corrected chi connectivity index (χ4v) is 4.24. The SMILES string of the molecule is CCOc1ccc(C2/C(=C(/O)c3ccc4ccccc4c3)C(=O)C(=O)N2CCCOC)cc1. The molecule has 3 aromatic carbocycles. The lowest BCUT2D eigenvalue weighted by atomic mass is 9.94. The van der Waals surface area contributed by atoms with Crippen molar-refractivity contribution in [3.05, 3.63) is 83.4 Å². The van der Waals surface area contributed by atoms with E-state index in [0.29, 0.717) is 37.5 Å². The lowest BCUT2D eigenvalue weighted by molar-refractivity contribution is -0.140. The Morgan fingerprint density at radius 3 is 2.42 bits per heavy atom. The molecule has 0 bridgehead atoms. The molecule has 0 radical (unpaired) electrons. The van der Waals surface area contributed by atoms with Gasteiger partial charge in [0, 0.05) is 25.8 Å². The van der Waals surface area contributed by atoms with E-state index in [2.05, 4.69) is 0 Å². The van der Waals surface area contributed by atoms with Crippen LogP contribution in [0, 0.1) is 0 Å². The van der Waals surface area contributed by atoms with Gasteiger partial charge in [0.1, 0.15) is 11.5 Å². The van der Waals surface area contributed by atoms with Gasteiger partial charge in [0.2, 0.25) is 0 Å². The minimum Gasteiger partial charge on any atom is -0.507 e. The summed E-state index contributed by atoms with van der Waals surface area (Å²) < 4.78 is 10.7. The number of ketones is 1. The van der Waals surface area contributed by atoms with E-state index in [4.69, 9.17) is 9.47 Å². The van der Waals surface area contributed by atoms with Gasteiger partial charge in [-0.15, -0.1) is 0 Å². The first-order valence-electron chi connectivity index (χ1n) is 11.0. The summed E-state index contributed by atoms with van der Waals surface area (Å²) in [6.07, 6.45) is 0.576. The van der Waals surface area contributed by atoms with Crippen LogP contribution in [0.15, 0.2) is 72.3 Å². The first-order valence-corrected chi connectivity index (χ1v) is 11.0. The van der Waals surface area contributed by atoms with Gasteiger partial charge in [0.25, 0.3) is 11.7 Å². The van der Waals surface area contributed by atoms with Crippen LogP contribution in [0.1, 0.15) is 30.5 Å². The van der Waals surface area contributed by atoms with E-state index in [-0.39, 0.29) is 11.3 Å². The topological polar surface area (TPSA) is 76.1 Å². The fraction of sp³-hybridized carbons (Fsp3) is 0.259. The number of hydrogen-bond acceptors (Lipinski definition) is 5. The van der Waals surface area contributed by atoms with Crippen LogP contribution in [-0.4, -0.2) is 48.6 Å². The number of carbonyl (C=O) groups is 2. The third-order valence-corrected chi connectivity index (χ3v) is 5.82. The van der Waals surface area contributed by atoms with E-state index >= 15 is 0 Å². The molecule has 1 aliphatic heterocycles. The molecule has 1 fully saturated rings. The van der Waals surface area contributed by atoms with E-state index < -0.39 is 17.7 Å². The van der Waals surface area contributed by atoms with Crippen molar-refractivity contribution in [3.63, 3.8) is 0 Å². The van der Waals surface area contributed by atoms with E-state index in [1.807, 2.05) is 67.6 Å². The number of likely N-dealkylation sites (tertiary alicyclic amines) is 1. The first-order chi connectivity index (χ1) is 16.0. The molecule has 0 spiro atoms. The van der Waals surface area contributed by atoms with Gasteiger partial charge in [-0.05, 0) is 47.9 Å². The molecule has 1 unspecified atom stereocenters. The standard InChI is InChI=1S/C27H27NO5/c1-3-33-22-13-11-19(12-14-22)24-23(26(30)27(31)28(24)15-6-16-32-2)25(29)21-10-9-18-7-4-5-8-20(18)17-21/h4-5,7-14,17,24,29H,3,6,15-16H2,1-2H3/b25-23-. The van der Waals surface area contributed by atoms with Gasteiger partial charge in [-0.3, -0.25) is 9.59 Å². The Bertz CT molecular complexity index is 1200. The maximum atomic E-state index is 13.1. The predicted octanol–water partition coefficient (Wildman–Crippen LogP) is 4.70. The minimum absolute atomic E-state index is 0.0943. The molecule has 6 nitrogen and oxygen atoms in total. The van der Waals surface area contributed by atoms with Gasteiger partial charge in [-0.2, -0.15) is 0 Å². The number of hydrogen-bond donors (Lipinski definition) is 1. The second-order valence-corrected chi connectivity index (χ2v) is 7.90. The van der Waals surface area contributed by atoms with Crippen molar-refractivity contribution < 1.29 is 24.2 Å². The predicted molar refractivity (Wildman–Crippen MR) is 127 cm³/mol. The van der Waals surface area contributed by atoms with Crippen LogP contribution in [0.4, 0.5) is 0 Å².